The smallest absolute Gasteiger partial charge is 0.109 e. The fraction of sp³-hybridized carbons (Fsp3) is 0.647. The highest BCUT2D eigenvalue weighted by molar-refractivity contribution is 5.18. The molecule has 1 N–H and O–H groups in total. The highest BCUT2D eigenvalue weighted by Gasteiger charge is 2.45. The molecule has 0 unspecified atom stereocenters. The molecule has 2 nitrogen and oxygen atoms in total. The van der Waals surface area contributed by atoms with Crippen molar-refractivity contribution in [1.29, 1.82) is 0 Å². The van der Waals surface area contributed by atoms with Crippen molar-refractivity contribution < 1.29 is 4.74 Å². The summed E-state index contributed by atoms with van der Waals surface area (Å²) < 4.78 is 6.36. The standard InChI is InChI=1S/C17H27NO/c1-4-10-16-18-15(17(5-2,6-3)19-16)13-14-11-8-7-9-12-14/h7-9,11-12,15-16,18H,4-6,10,13H2,1-3H3/t15-,16-/m0/s1. The molecule has 19 heavy (non-hydrogen) atoms. The Kier molecular flexibility index (Phi) is 5.00. The van der Waals surface area contributed by atoms with E-state index in [-0.39, 0.29) is 11.8 Å². The zero-order valence-electron chi connectivity index (χ0n) is 12.5. The van der Waals surface area contributed by atoms with Gasteiger partial charge in [-0.1, -0.05) is 57.5 Å². The molecule has 2 atom stereocenters. The van der Waals surface area contributed by atoms with Crippen molar-refractivity contribution >= 4 is 0 Å². The lowest BCUT2D eigenvalue weighted by atomic mass is 9.85. The summed E-state index contributed by atoms with van der Waals surface area (Å²) in [4.78, 5) is 0. The number of ether oxygens (including phenoxy) is 1. The Labute approximate surface area is 117 Å². The highest BCUT2D eigenvalue weighted by Crippen LogP contribution is 2.34. The molecule has 0 bridgehead atoms. The molecule has 1 saturated heterocycles. The van der Waals surface area contributed by atoms with Crippen LogP contribution in [-0.4, -0.2) is 17.9 Å². The van der Waals surface area contributed by atoms with Crippen LogP contribution in [-0.2, 0) is 11.2 Å². The van der Waals surface area contributed by atoms with Crippen LogP contribution in [0, 0.1) is 0 Å². The van der Waals surface area contributed by atoms with Crippen LogP contribution < -0.4 is 5.32 Å². The third-order valence-electron chi connectivity index (χ3n) is 4.43. The predicted octanol–water partition coefficient (Wildman–Crippen LogP) is 3.90. The zero-order valence-corrected chi connectivity index (χ0v) is 12.5. The van der Waals surface area contributed by atoms with E-state index >= 15 is 0 Å². The fourth-order valence-electron chi connectivity index (χ4n) is 3.18. The summed E-state index contributed by atoms with van der Waals surface area (Å²) in [6, 6.07) is 11.2. The second-order valence-electron chi connectivity index (χ2n) is 5.58. The van der Waals surface area contributed by atoms with Crippen molar-refractivity contribution in [2.45, 2.75) is 70.7 Å². The van der Waals surface area contributed by atoms with Gasteiger partial charge in [-0.15, -0.1) is 0 Å². The van der Waals surface area contributed by atoms with Crippen molar-refractivity contribution in [3.63, 3.8) is 0 Å². The van der Waals surface area contributed by atoms with Crippen LogP contribution in [0.1, 0.15) is 52.0 Å². The van der Waals surface area contributed by atoms with Crippen molar-refractivity contribution in [1.82, 2.24) is 5.32 Å². The van der Waals surface area contributed by atoms with Gasteiger partial charge in [-0.25, -0.2) is 0 Å². The molecule has 1 heterocycles. The maximum atomic E-state index is 6.36. The summed E-state index contributed by atoms with van der Waals surface area (Å²) >= 11 is 0. The SMILES string of the molecule is CCC[C@H]1N[C@@H](Cc2ccccc2)C(CC)(CC)O1. The monoisotopic (exact) mass is 261 g/mol. The average Bonchev–Trinajstić information content (AvgIpc) is 2.79. The molecule has 1 aromatic carbocycles. The maximum absolute atomic E-state index is 6.36. The minimum atomic E-state index is 0.00960. The first-order valence-electron chi connectivity index (χ1n) is 7.72. The number of benzene rings is 1. The van der Waals surface area contributed by atoms with Crippen molar-refractivity contribution in [3.05, 3.63) is 35.9 Å². The third-order valence-corrected chi connectivity index (χ3v) is 4.43. The van der Waals surface area contributed by atoms with Crippen LogP contribution in [0.25, 0.3) is 0 Å². The first-order valence-corrected chi connectivity index (χ1v) is 7.72. The van der Waals surface area contributed by atoms with Crippen molar-refractivity contribution in [2.75, 3.05) is 0 Å². The van der Waals surface area contributed by atoms with Gasteiger partial charge in [0.2, 0.25) is 0 Å². The topological polar surface area (TPSA) is 21.3 Å². The lowest BCUT2D eigenvalue weighted by molar-refractivity contribution is -0.0561. The van der Waals surface area contributed by atoms with Gasteiger partial charge < -0.3 is 4.74 Å². The summed E-state index contributed by atoms with van der Waals surface area (Å²) in [6.07, 6.45) is 5.72. The lowest BCUT2D eigenvalue weighted by Gasteiger charge is -2.32. The van der Waals surface area contributed by atoms with E-state index < -0.39 is 0 Å². The van der Waals surface area contributed by atoms with E-state index in [4.69, 9.17) is 4.74 Å². The molecular formula is C17H27NO. The Bertz CT molecular complexity index is 372. The first kappa shape index (κ1) is 14.5. The van der Waals surface area contributed by atoms with Gasteiger partial charge in [-0.2, -0.15) is 0 Å². The summed E-state index contributed by atoms with van der Waals surface area (Å²) in [5.74, 6) is 0. The van der Waals surface area contributed by atoms with Crippen LogP contribution in [0.5, 0.6) is 0 Å². The maximum Gasteiger partial charge on any atom is 0.109 e. The molecule has 0 spiro atoms. The van der Waals surface area contributed by atoms with Gasteiger partial charge >= 0.3 is 0 Å². The predicted molar refractivity (Wildman–Crippen MR) is 80.2 cm³/mol. The molecule has 0 aromatic heterocycles. The van der Waals surface area contributed by atoms with E-state index in [1.165, 1.54) is 12.0 Å². The van der Waals surface area contributed by atoms with Gasteiger partial charge in [0.05, 0.1) is 5.60 Å². The Morgan fingerprint density at radius 3 is 2.37 bits per heavy atom. The Hall–Kier alpha value is -0.860. The van der Waals surface area contributed by atoms with Crippen molar-refractivity contribution in [2.24, 2.45) is 0 Å². The summed E-state index contributed by atoms with van der Waals surface area (Å²) in [5.41, 5.74) is 1.40. The van der Waals surface area contributed by atoms with Crippen LogP contribution in [0.4, 0.5) is 0 Å². The van der Waals surface area contributed by atoms with Gasteiger partial charge in [-0.3, -0.25) is 5.32 Å². The molecule has 106 valence electrons. The van der Waals surface area contributed by atoms with E-state index in [0.717, 1.165) is 25.7 Å². The van der Waals surface area contributed by atoms with E-state index in [2.05, 4.69) is 56.4 Å². The molecule has 0 amide bonds. The van der Waals surface area contributed by atoms with Crippen LogP contribution >= 0.6 is 0 Å². The van der Waals surface area contributed by atoms with Gasteiger partial charge in [0, 0.05) is 6.04 Å². The Morgan fingerprint density at radius 2 is 1.79 bits per heavy atom. The number of hydrogen-bond donors (Lipinski definition) is 1. The van der Waals surface area contributed by atoms with E-state index in [1.54, 1.807) is 0 Å². The van der Waals surface area contributed by atoms with Crippen LogP contribution in [0.2, 0.25) is 0 Å². The summed E-state index contributed by atoms with van der Waals surface area (Å²) in [7, 11) is 0. The average molecular weight is 261 g/mol. The first-order chi connectivity index (χ1) is 9.24. The minimum Gasteiger partial charge on any atom is -0.355 e. The number of rotatable bonds is 6. The normalized spacial score (nSPS) is 25.6. The molecule has 1 aromatic rings. The zero-order chi connectivity index (χ0) is 13.7. The number of nitrogens with one attached hydrogen (secondary N) is 1. The molecule has 1 aliphatic rings. The minimum absolute atomic E-state index is 0.00960. The van der Waals surface area contributed by atoms with Gasteiger partial charge in [0.1, 0.15) is 6.23 Å². The largest absolute Gasteiger partial charge is 0.355 e. The van der Waals surface area contributed by atoms with Crippen LogP contribution in [0.3, 0.4) is 0 Å². The summed E-state index contributed by atoms with van der Waals surface area (Å²) in [5, 5.41) is 3.71. The molecule has 0 radical (unpaired) electrons. The van der Waals surface area contributed by atoms with Gasteiger partial charge in [0.15, 0.2) is 0 Å². The number of hydrogen-bond acceptors (Lipinski definition) is 2. The third kappa shape index (κ3) is 3.18. The fourth-order valence-corrected chi connectivity index (χ4v) is 3.18. The second kappa shape index (κ2) is 6.53. The molecule has 0 aliphatic carbocycles. The molecular weight excluding hydrogens is 234 g/mol. The molecule has 1 fully saturated rings. The Balaban J connectivity index is 2.11. The molecule has 2 heteroatoms. The molecule has 2 rings (SSSR count). The quantitative estimate of drug-likeness (QED) is 0.838. The van der Waals surface area contributed by atoms with E-state index in [0.29, 0.717) is 6.04 Å². The van der Waals surface area contributed by atoms with Gasteiger partial charge in [0.25, 0.3) is 0 Å². The van der Waals surface area contributed by atoms with Gasteiger partial charge in [-0.05, 0) is 31.2 Å². The molecule has 1 aliphatic heterocycles. The Morgan fingerprint density at radius 1 is 1.11 bits per heavy atom. The van der Waals surface area contributed by atoms with Crippen LogP contribution in [0.15, 0.2) is 30.3 Å². The van der Waals surface area contributed by atoms with E-state index in [9.17, 15) is 0 Å². The second-order valence-corrected chi connectivity index (χ2v) is 5.58. The van der Waals surface area contributed by atoms with E-state index in [1.807, 2.05) is 0 Å². The highest BCUT2D eigenvalue weighted by atomic mass is 16.5. The van der Waals surface area contributed by atoms with Crippen molar-refractivity contribution in [3.8, 4) is 0 Å². The molecule has 0 saturated carbocycles. The summed E-state index contributed by atoms with van der Waals surface area (Å²) in [6.45, 7) is 6.71. The lowest BCUT2D eigenvalue weighted by Crippen LogP contribution is -2.44.